The van der Waals surface area contributed by atoms with Crippen LogP contribution in [0.3, 0.4) is 0 Å². The second kappa shape index (κ2) is 4.71. The van der Waals surface area contributed by atoms with Crippen molar-refractivity contribution in [2.45, 2.75) is 19.0 Å². The highest BCUT2D eigenvalue weighted by Gasteiger charge is 2.20. The van der Waals surface area contributed by atoms with Crippen LogP contribution in [0.25, 0.3) is 0 Å². The number of halogens is 2. The third-order valence-electron chi connectivity index (χ3n) is 2.84. The molecule has 0 spiro atoms. The Balaban J connectivity index is 2.18. The standard InChI is InChI=1S/C12H12ClFN2/c13-11-7-9(8-15)1-2-12(11)16-5-3-10(14)4-6-16/h1-2,7,10H,3-6H2. The fourth-order valence-electron chi connectivity index (χ4n) is 1.92. The van der Waals surface area contributed by atoms with Gasteiger partial charge in [0, 0.05) is 13.1 Å². The Morgan fingerprint density at radius 2 is 2.06 bits per heavy atom. The lowest BCUT2D eigenvalue weighted by Crippen LogP contribution is -2.34. The van der Waals surface area contributed by atoms with E-state index in [-0.39, 0.29) is 0 Å². The molecule has 1 saturated heterocycles. The molecule has 1 aromatic rings. The molecule has 2 rings (SSSR count). The van der Waals surface area contributed by atoms with Gasteiger partial charge in [0.15, 0.2) is 0 Å². The molecule has 1 aliphatic heterocycles. The molecule has 0 saturated carbocycles. The van der Waals surface area contributed by atoms with Gasteiger partial charge in [0.2, 0.25) is 0 Å². The number of piperidine rings is 1. The molecule has 4 heteroatoms. The molecule has 16 heavy (non-hydrogen) atoms. The summed E-state index contributed by atoms with van der Waals surface area (Å²) in [4.78, 5) is 2.07. The molecule has 0 amide bonds. The molecule has 0 bridgehead atoms. The van der Waals surface area contributed by atoms with Gasteiger partial charge in [0.25, 0.3) is 0 Å². The monoisotopic (exact) mass is 238 g/mol. The zero-order chi connectivity index (χ0) is 11.5. The lowest BCUT2D eigenvalue weighted by molar-refractivity contribution is 0.277. The van der Waals surface area contributed by atoms with Gasteiger partial charge in [-0.3, -0.25) is 0 Å². The van der Waals surface area contributed by atoms with Crippen molar-refractivity contribution in [2.75, 3.05) is 18.0 Å². The number of rotatable bonds is 1. The van der Waals surface area contributed by atoms with E-state index < -0.39 is 6.17 Å². The van der Waals surface area contributed by atoms with E-state index in [1.165, 1.54) is 0 Å². The Hall–Kier alpha value is -1.27. The largest absolute Gasteiger partial charge is 0.370 e. The van der Waals surface area contributed by atoms with Crippen LogP contribution in [0, 0.1) is 11.3 Å². The third kappa shape index (κ3) is 2.28. The van der Waals surface area contributed by atoms with E-state index in [2.05, 4.69) is 4.90 Å². The van der Waals surface area contributed by atoms with Crippen molar-refractivity contribution in [3.8, 4) is 6.07 Å². The third-order valence-corrected chi connectivity index (χ3v) is 3.14. The van der Waals surface area contributed by atoms with Crippen LogP contribution in [-0.4, -0.2) is 19.3 Å². The number of alkyl halides is 1. The first-order chi connectivity index (χ1) is 7.70. The van der Waals surface area contributed by atoms with E-state index in [4.69, 9.17) is 16.9 Å². The van der Waals surface area contributed by atoms with Gasteiger partial charge in [-0.1, -0.05) is 11.6 Å². The van der Waals surface area contributed by atoms with Crippen molar-refractivity contribution >= 4 is 17.3 Å². The average Bonchev–Trinajstić information content (AvgIpc) is 2.30. The molecule has 1 aromatic carbocycles. The first-order valence-electron chi connectivity index (χ1n) is 5.29. The summed E-state index contributed by atoms with van der Waals surface area (Å²) >= 11 is 6.09. The van der Waals surface area contributed by atoms with Gasteiger partial charge < -0.3 is 4.90 Å². The Kier molecular flexibility index (Phi) is 3.31. The Morgan fingerprint density at radius 3 is 2.62 bits per heavy atom. The van der Waals surface area contributed by atoms with Crippen molar-refractivity contribution in [1.29, 1.82) is 5.26 Å². The molecule has 0 radical (unpaired) electrons. The SMILES string of the molecule is N#Cc1ccc(N2CCC(F)CC2)c(Cl)c1. The van der Waals surface area contributed by atoms with E-state index >= 15 is 0 Å². The smallest absolute Gasteiger partial charge is 0.103 e. The molecule has 0 N–H and O–H groups in total. The summed E-state index contributed by atoms with van der Waals surface area (Å²) in [5, 5.41) is 9.29. The highest BCUT2D eigenvalue weighted by Crippen LogP contribution is 2.29. The minimum atomic E-state index is -0.687. The normalized spacial score (nSPS) is 17.2. The average molecular weight is 239 g/mol. The van der Waals surface area contributed by atoms with E-state index in [1.54, 1.807) is 12.1 Å². The predicted octanol–water partition coefficient (Wildman–Crippen LogP) is 3.15. The zero-order valence-corrected chi connectivity index (χ0v) is 9.54. The van der Waals surface area contributed by atoms with Crippen LogP contribution in [0.1, 0.15) is 18.4 Å². The van der Waals surface area contributed by atoms with Crippen LogP contribution in [-0.2, 0) is 0 Å². The van der Waals surface area contributed by atoms with Gasteiger partial charge in [-0.15, -0.1) is 0 Å². The number of anilines is 1. The Labute approximate surface area is 99.2 Å². The summed E-state index contributed by atoms with van der Waals surface area (Å²) in [5.41, 5.74) is 1.45. The van der Waals surface area contributed by atoms with Crippen molar-refractivity contribution in [2.24, 2.45) is 0 Å². The van der Waals surface area contributed by atoms with Gasteiger partial charge in [0.1, 0.15) is 6.17 Å². The second-order valence-corrected chi connectivity index (χ2v) is 4.35. The fraction of sp³-hybridized carbons (Fsp3) is 0.417. The molecule has 0 aliphatic carbocycles. The predicted molar refractivity (Wildman–Crippen MR) is 62.5 cm³/mol. The maximum atomic E-state index is 13.0. The molecule has 0 atom stereocenters. The van der Waals surface area contributed by atoms with E-state index in [0.717, 1.165) is 5.69 Å². The second-order valence-electron chi connectivity index (χ2n) is 3.94. The topological polar surface area (TPSA) is 27.0 Å². The van der Waals surface area contributed by atoms with E-state index in [1.807, 2.05) is 12.1 Å². The molecule has 1 aliphatic rings. The quantitative estimate of drug-likeness (QED) is 0.752. The molecule has 1 fully saturated rings. The Bertz CT molecular complexity index is 420. The molecular formula is C12H12ClFN2. The van der Waals surface area contributed by atoms with Crippen molar-refractivity contribution in [3.05, 3.63) is 28.8 Å². The summed E-state index contributed by atoms with van der Waals surface area (Å²) in [5.74, 6) is 0. The van der Waals surface area contributed by atoms with Crippen LogP contribution in [0.15, 0.2) is 18.2 Å². The first-order valence-corrected chi connectivity index (χ1v) is 5.67. The zero-order valence-electron chi connectivity index (χ0n) is 8.79. The van der Waals surface area contributed by atoms with Gasteiger partial charge in [0.05, 0.1) is 22.3 Å². The summed E-state index contributed by atoms with van der Waals surface area (Å²) in [7, 11) is 0. The summed E-state index contributed by atoms with van der Waals surface area (Å²) in [6.07, 6.45) is 0.417. The van der Waals surface area contributed by atoms with Gasteiger partial charge in [-0.2, -0.15) is 5.26 Å². The van der Waals surface area contributed by atoms with Crippen molar-refractivity contribution in [3.63, 3.8) is 0 Å². The summed E-state index contributed by atoms with van der Waals surface area (Å²) in [6.45, 7) is 1.37. The highest BCUT2D eigenvalue weighted by molar-refractivity contribution is 6.33. The van der Waals surface area contributed by atoms with Gasteiger partial charge in [-0.05, 0) is 31.0 Å². The van der Waals surface area contributed by atoms with Crippen LogP contribution < -0.4 is 4.90 Å². The highest BCUT2D eigenvalue weighted by atomic mass is 35.5. The van der Waals surface area contributed by atoms with Crippen molar-refractivity contribution < 1.29 is 4.39 Å². The summed E-state index contributed by atoms with van der Waals surface area (Å²) < 4.78 is 13.0. The Morgan fingerprint density at radius 1 is 1.38 bits per heavy atom. The number of benzene rings is 1. The van der Waals surface area contributed by atoms with Crippen LogP contribution >= 0.6 is 11.6 Å². The maximum absolute atomic E-state index is 13.0. The minimum absolute atomic E-state index is 0.550. The van der Waals surface area contributed by atoms with Gasteiger partial charge >= 0.3 is 0 Å². The number of nitriles is 1. The molecule has 2 nitrogen and oxygen atoms in total. The lowest BCUT2D eigenvalue weighted by atomic mass is 10.1. The molecule has 1 heterocycles. The minimum Gasteiger partial charge on any atom is -0.370 e. The lowest BCUT2D eigenvalue weighted by Gasteiger charge is -2.31. The first kappa shape index (κ1) is 11.2. The molecule has 0 unspecified atom stereocenters. The van der Waals surface area contributed by atoms with Crippen molar-refractivity contribution in [1.82, 2.24) is 0 Å². The molecule has 84 valence electrons. The van der Waals surface area contributed by atoms with Crippen LogP contribution in [0.2, 0.25) is 5.02 Å². The molecule has 0 aromatic heterocycles. The number of hydrogen-bond acceptors (Lipinski definition) is 2. The fourth-order valence-corrected chi connectivity index (χ4v) is 2.22. The van der Waals surface area contributed by atoms with Gasteiger partial charge in [-0.25, -0.2) is 4.39 Å². The number of nitrogens with zero attached hydrogens (tertiary/aromatic N) is 2. The molecular weight excluding hydrogens is 227 g/mol. The van der Waals surface area contributed by atoms with Crippen LogP contribution in [0.4, 0.5) is 10.1 Å². The van der Waals surface area contributed by atoms with E-state index in [9.17, 15) is 4.39 Å². The maximum Gasteiger partial charge on any atom is 0.103 e. The number of hydrogen-bond donors (Lipinski definition) is 0. The summed E-state index contributed by atoms with van der Waals surface area (Å²) in [6, 6.07) is 7.26. The van der Waals surface area contributed by atoms with Crippen LogP contribution in [0.5, 0.6) is 0 Å². The van der Waals surface area contributed by atoms with E-state index in [0.29, 0.717) is 36.5 Å².